The predicted molar refractivity (Wildman–Crippen MR) is 104 cm³/mol. The summed E-state index contributed by atoms with van der Waals surface area (Å²) in [4.78, 5) is 31.4. The fourth-order valence-corrected chi connectivity index (χ4v) is 3.96. The van der Waals surface area contributed by atoms with E-state index in [1.165, 1.54) is 0 Å². The van der Waals surface area contributed by atoms with Gasteiger partial charge in [0.15, 0.2) is 5.82 Å². The van der Waals surface area contributed by atoms with Crippen molar-refractivity contribution in [2.45, 2.75) is 31.7 Å². The number of aromatic nitrogens is 3. The number of carbonyl (C=O) groups is 2. The molecule has 0 radical (unpaired) electrons. The van der Waals surface area contributed by atoms with E-state index in [1.54, 1.807) is 35.4 Å². The third-order valence-electron chi connectivity index (χ3n) is 5.48. The lowest BCUT2D eigenvalue weighted by atomic mass is 9.97. The summed E-state index contributed by atoms with van der Waals surface area (Å²) in [6, 6.07) is 5.28. The van der Waals surface area contributed by atoms with E-state index in [-0.39, 0.29) is 23.8 Å². The Morgan fingerprint density at radius 2 is 2.18 bits per heavy atom. The number of rotatable bonds is 5. The van der Waals surface area contributed by atoms with Crippen LogP contribution >= 0.6 is 0 Å². The molecule has 0 aliphatic carbocycles. The van der Waals surface area contributed by atoms with Crippen molar-refractivity contribution in [3.8, 4) is 5.82 Å². The zero-order valence-corrected chi connectivity index (χ0v) is 15.9. The number of likely N-dealkylation sites (tertiary alicyclic amines) is 1. The second kappa shape index (κ2) is 8.52. The molecule has 8 heteroatoms. The first kappa shape index (κ1) is 18.6. The summed E-state index contributed by atoms with van der Waals surface area (Å²) >= 11 is 0. The number of nitrogens with zero attached hydrogens (tertiary/aromatic N) is 4. The summed E-state index contributed by atoms with van der Waals surface area (Å²) in [6.45, 7) is 2.94. The Labute approximate surface area is 164 Å². The fourth-order valence-electron chi connectivity index (χ4n) is 3.96. The van der Waals surface area contributed by atoms with Gasteiger partial charge in [-0.3, -0.25) is 9.59 Å². The number of hydrogen-bond acceptors (Lipinski definition) is 5. The van der Waals surface area contributed by atoms with Gasteiger partial charge in [0.1, 0.15) is 0 Å². The quantitative estimate of drug-likeness (QED) is 0.805. The lowest BCUT2D eigenvalue weighted by molar-refractivity contribution is -0.123. The third-order valence-corrected chi connectivity index (χ3v) is 5.48. The van der Waals surface area contributed by atoms with Gasteiger partial charge in [-0.25, -0.2) is 9.67 Å². The highest BCUT2D eigenvalue weighted by molar-refractivity contribution is 5.94. The minimum Gasteiger partial charge on any atom is -0.354 e. The Morgan fingerprint density at radius 1 is 1.25 bits per heavy atom. The minimum atomic E-state index is -0.0566. The molecule has 2 unspecified atom stereocenters. The Kier molecular flexibility index (Phi) is 5.66. The number of nitrogens with one attached hydrogen (secondary N) is 2. The Hall–Kier alpha value is -2.74. The average Bonchev–Trinajstić information content (AvgIpc) is 3.46. The molecule has 0 aromatic carbocycles. The molecule has 2 aliphatic rings. The van der Waals surface area contributed by atoms with E-state index in [0.717, 1.165) is 38.8 Å². The van der Waals surface area contributed by atoms with Crippen LogP contribution in [0.4, 0.5) is 0 Å². The summed E-state index contributed by atoms with van der Waals surface area (Å²) in [5, 5.41) is 10.4. The van der Waals surface area contributed by atoms with Gasteiger partial charge in [0.2, 0.25) is 5.91 Å². The van der Waals surface area contributed by atoms with Crippen LogP contribution in [0.25, 0.3) is 5.82 Å². The fraction of sp³-hybridized carbons (Fsp3) is 0.500. The molecule has 4 rings (SSSR count). The van der Waals surface area contributed by atoms with Crippen molar-refractivity contribution in [1.82, 2.24) is 30.3 Å². The number of hydrogen-bond donors (Lipinski definition) is 2. The van der Waals surface area contributed by atoms with Gasteiger partial charge in [0.05, 0.1) is 6.04 Å². The van der Waals surface area contributed by atoms with Crippen LogP contribution in [0, 0.1) is 5.92 Å². The van der Waals surface area contributed by atoms with Crippen LogP contribution in [-0.4, -0.2) is 63.7 Å². The molecule has 2 aromatic heterocycles. The Morgan fingerprint density at radius 3 is 2.96 bits per heavy atom. The molecule has 8 nitrogen and oxygen atoms in total. The predicted octanol–water partition coefficient (Wildman–Crippen LogP) is 0.988. The van der Waals surface area contributed by atoms with E-state index in [4.69, 9.17) is 0 Å². The van der Waals surface area contributed by atoms with Gasteiger partial charge in [-0.1, -0.05) is 0 Å². The second-order valence-corrected chi connectivity index (χ2v) is 7.51. The molecule has 0 bridgehead atoms. The summed E-state index contributed by atoms with van der Waals surface area (Å²) < 4.78 is 1.64. The summed E-state index contributed by atoms with van der Waals surface area (Å²) in [5.74, 6) is 0.999. The first-order valence-corrected chi connectivity index (χ1v) is 9.97. The molecule has 0 spiro atoms. The number of amides is 2. The molecule has 148 valence electrons. The zero-order chi connectivity index (χ0) is 19.3. The average molecular weight is 382 g/mol. The first-order valence-electron chi connectivity index (χ1n) is 9.97. The Bertz CT molecular complexity index is 816. The van der Waals surface area contributed by atoms with Gasteiger partial charge in [-0.05, 0) is 56.3 Å². The van der Waals surface area contributed by atoms with E-state index in [1.807, 2.05) is 11.0 Å². The van der Waals surface area contributed by atoms with Crippen LogP contribution in [0.5, 0.6) is 0 Å². The zero-order valence-electron chi connectivity index (χ0n) is 15.9. The molecular weight excluding hydrogens is 356 g/mol. The Balaban J connectivity index is 1.35. The molecule has 2 atom stereocenters. The molecule has 28 heavy (non-hydrogen) atoms. The van der Waals surface area contributed by atoms with E-state index in [2.05, 4.69) is 20.7 Å². The van der Waals surface area contributed by atoms with Crippen LogP contribution in [-0.2, 0) is 4.79 Å². The largest absolute Gasteiger partial charge is 0.354 e. The van der Waals surface area contributed by atoms with Gasteiger partial charge in [-0.15, -0.1) is 0 Å². The normalized spacial score (nSPS) is 22.2. The lowest BCUT2D eigenvalue weighted by Gasteiger charge is -2.33. The van der Waals surface area contributed by atoms with Crippen molar-refractivity contribution < 1.29 is 9.59 Å². The maximum Gasteiger partial charge on any atom is 0.254 e. The van der Waals surface area contributed by atoms with Crippen molar-refractivity contribution in [2.75, 3.05) is 26.2 Å². The monoisotopic (exact) mass is 382 g/mol. The molecule has 2 amide bonds. The molecule has 0 saturated carbocycles. The van der Waals surface area contributed by atoms with E-state index < -0.39 is 0 Å². The van der Waals surface area contributed by atoms with Crippen molar-refractivity contribution in [3.63, 3.8) is 0 Å². The molecule has 2 fully saturated rings. The van der Waals surface area contributed by atoms with Gasteiger partial charge in [0, 0.05) is 43.8 Å². The van der Waals surface area contributed by atoms with Crippen molar-refractivity contribution >= 4 is 11.8 Å². The molecule has 2 N–H and O–H groups in total. The van der Waals surface area contributed by atoms with Crippen LogP contribution < -0.4 is 10.6 Å². The van der Waals surface area contributed by atoms with Crippen molar-refractivity contribution in [1.29, 1.82) is 0 Å². The second-order valence-electron chi connectivity index (χ2n) is 7.51. The molecule has 2 aliphatic heterocycles. The highest BCUT2D eigenvalue weighted by Crippen LogP contribution is 2.19. The number of carbonyl (C=O) groups excluding carboxylic acids is 2. The van der Waals surface area contributed by atoms with Crippen LogP contribution in [0.3, 0.4) is 0 Å². The van der Waals surface area contributed by atoms with Gasteiger partial charge in [-0.2, -0.15) is 5.10 Å². The lowest BCUT2D eigenvalue weighted by Crippen LogP contribution is -2.46. The summed E-state index contributed by atoms with van der Waals surface area (Å²) in [7, 11) is 0. The van der Waals surface area contributed by atoms with E-state index in [0.29, 0.717) is 24.5 Å². The van der Waals surface area contributed by atoms with Gasteiger partial charge < -0.3 is 15.5 Å². The van der Waals surface area contributed by atoms with Gasteiger partial charge in [0.25, 0.3) is 5.91 Å². The molecular formula is C20H26N6O2. The molecule has 2 aromatic rings. The maximum atomic E-state index is 13.0. The highest BCUT2D eigenvalue weighted by Gasteiger charge is 2.27. The van der Waals surface area contributed by atoms with Crippen LogP contribution in [0.1, 0.15) is 36.0 Å². The SMILES string of the molecule is O=C(NCC1CCCN(C(=O)c2ccnc(-n3cccn3)c2)C1)C1CCCN1. The summed E-state index contributed by atoms with van der Waals surface area (Å²) in [6.07, 6.45) is 9.05. The number of piperidine rings is 1. The molecule has 2 saturated heterocycles. The van der Waals surface area contributed by atoms with Crippen LogP contribution in [0.2, 0.25) is 0 Å². The summed E-state index contributed by atoms with van der Waals surface area (Å²) in [5.41, 5.74) is 0.611. The van der Waals surface area contributed by atoms with Crippen molar-refractivity contribution in [2.24, 2.45) is 5.92 Å². The highest BCUT2D eigenvalue weighted by atomic mass is 16.2. The number of pyridine rings is 1. The standard InChI is InChI=1S/C20H26N6O2/c27-19(17-5-1-7-21-17)23-13-15-4-2-10-25(14-15)20(28)16-6-9-22-18(12-16)26-11-3-8-24-26/h3,6,8-9,11-12,15,17,21H,1-2,4-5,7,10,13-14H2,(H,23,27). The smallest absolute Gasteiger partial charge is 0.254 e. The van der Waals surface area contributed by atoms with E-state index >= 15 is 0 Å². The third kappa shape index (κ3) is 4.22. The minimum absolute atomic E-state index is 0.00397. The van der Waals surface area contributed by atoms with Crippen molar-refractivity contribution in [3.05, 3.63) is 42.4 Å². The molecule has 4 heterocycles. The maximum absolute atomic E-state index is 13.0. The van der Waals surface area contributed by atoms with Gasteiger partial charge >= 0.3 is 0 Å². The topological polar surface area (TPSA) is 92.2 Å². The van der Waals surface area contributed by atoms with E-state index in [9.17, 15) is 9.59 Å². The van der Waals surface area contributed by atoms with Crippen LogP contribution in [0.15, 0.2) is 36.8 Å². The first-order chi connectivity index (χ1) is 13.7.